The van der Waals surface area contributed by atoms with Gasteiger partial charge in [0.2, 0.25) is 0 Å². The monoisotopic (exact) mass is 562 g/mol. The number of carbonyl (C=O) groups is 3. The number of amides is 4. The molecule has 0 radical (unpaired) electrons. The average Bonchev–Trinajstić information content (AvgIpc) is 2.74. The Balaban J connectivity index is 2.04. The summed E-state index contributed by atoms with van der Waals surface area (Å²) in [6, 6.07) is 7.58. The van der Waals surface area contributed by atoms with E-state index in [0.717, 1.165) is 14.9 Å². The van der Waals surface area contributed by atoms with E-state index in [-0.39, 0.29) is 12.2 Å². The predicted octanol–water partition coefficient (Wildman–Crippen LogP) is 5.15. The van der Waals surface area contributed by atoms with Crippen LogP contribution in [0.4, 0.5) is 10.5 Å². The maximum atomic E-state index is 13.2. The maximum absolute atomic E-state index is 13.2. The fourth-order valence-electron chi connectivity index (χ4n) is 3.01. The van der Waals surface area contributed by atoms with E-state index >= 15 is 0 Å². The topological polar surface area (TPSA) is 84.9 Å². The predicted molar refractivity (Wildman–Crippen MR) is 129 cm³/mol. The van der Waals surface area contributed by atoms with Crippen LogP contribution in [0.25, 0.3) is 6.08 Å². The van der Waals surface area contributed by atoms with Gasteiger partial charge in [0.05, 0.1) is 12.3 Å². The highest BCUT2D eigenvalue weighted by molar-refractivity contribution is 9.10. The molecular weight excluding hydrogens is 544 g/mol. The van der Waals surface area contributed by atoms with Gasteiger partial charge in [-0.05, 0) is 61.4 Å². The zero-order valence-corrected chi connectivity index (χ0v) is 20.6. The Morgan fingerprint density at radius 3 is 2.44 bits per heavy atom. The first-order valence-electron chi connectivity index (χ1n) is 9.64. The smallest absolute Gasteiger partial charge is 0.335 e. The molecule has 1 fully saturated rings. The molecule has 4 amide bonds. The van der Waals surface area contributed by atoms with Crippen LogP contribution in [-0.4, -0.2) is 31.1 Å². The van der Waals surface area contributed by atoms with Crippen molar-refractivity contribution >= 4 is 61.5 Å². The van der Waals surface area contributed by atoms with Gasteiger partial charge in [-0.1, -0.05) is 44.5 Å². The van der Waals surface area contributed by atoms with Crippen molar-refractivity contribution in [3.05, 3.63) is 68.6 Å². The second kappa shape index (κ2) is 10.1. The highest BCUT2D eigenvalue weighted by atomic mass is 79.9. The summed E-state index contributed by atoms with van der Waals surface area (Å²) < 4.78 is 12.7. The lowest BCUT2D eigenvalue weighted by molar-refractivity contribution is -0.122. The second-order valence-electron chi connectivity index (χ2n) is 6.74. The van der Waals surface area contributed by atoms with E-state index in [0.29, 0.717) is 33.8 Å². The number of nitrogens with zero attached hydrogens (tertiary/aromatic N) is 1. The first-order valence-corrected chi connectivity index (χ1v) is 11.2. The van der Waals surface area contributed by atoms with Gasteiger partial charge in [0.1, 0.15) is 12.2 Å². The van der Waals surface area contributed by atoms with E-state index in [4.69, 9.17) is 9.47 Å². The van der Waals surface area contributed by atoms with Crippen LogP contribution in [0, 0.1) is 6.92 Å². The number of rotatable bonds is 7. The van der Waals surface area contributed by atoms with Gasteiger partial charge in [-0.15, -0.1) is 0 Å². The molecule has 0 saturated carbocycles. The molecule has 3 rings (SSSR count). The van der Waals surface area contributed by atoms with Crippen molar-refractivity contribution < 1.29 is 23.9 Å². The van der Waals surface area contributed by atoms with E-state index < -0.39 is 17.8 Å². The lowest BCUT2D eigenvalue weighted by Gasteiger charge is -2.27. The molecular formula is C23H20Br2N2O5. The summed E-state index contributed by atoms with van der Waals surface area (Å²) in [5, 5.41) is 2.23. The minimum absolute atomic E-state index is 0.187. The molecule has 2 aromatic rings. The lowest BCUT2D eigenvalue weighted by atomic mass is 10.1. The number of halogens is 2. The Hall–Kier alpha value is -2.91. The Labute approximate surface area is 202 Å². The molecule has 7 nitrogen and oxygen atoms in total. The summed E-state index contributed by atoms with van der Waals surface area (Å²) in [5.41, 5.74) is 1.52. The second-order valence-corrected chi connectivity index (χ2v) is 8.45. The van der Waals surface area contributed by atoms with Gasteiger partial charge in [-0.3, -0.25) is 14.9 Å². The maximum Gasteiger partial charge on any atom is 0.335 e. The summed E-state index contributed by atoms with van der Waals surface area (Å²) in [6.07, 6.45) is 3.02. The van der Waals surface area contributed by atoms with Crippen LogP contribution in [0.2, 0.25) is 0 Å². The molecule has 1 aliphatic heterocycles. The molecule has 0 aromatic heterocycles. The fourth-order valence-corrected chi connectivity index (χ4v) is 3.69. The van der Waals surface area contributed by atoms with Crippen LogP contribution in [0.15, 0.2) is 57.5 Å². The summed E-state index contributed by atoms with van der Waals surface area (Å²) in [7, 11) is 0. The standard InChI is InChI=1S/C23H20Br2N2O5/c1-4-8-32-20-12-18(25)14(11-19(20)31-5-2)10-16-21(28)26-23(30)27(22(16)29)15-6-7-17(24)13(3)9-15/h4,6-7,9-12H,1,5,8H2,2-3H3,(H,26,28,30)/b16-10+. The van der Waals surface area contributed by atoms with Crippen molar-refractivity contribution in [2.45, 2.75) is 13.8 Å². The number of barbiturate groups is 1. The summed E-state index contributed by atoms with van der Waals surface area (Å²) in [6.45, 7) is 7.98. The molecule has 1 saturated heterocycles. The molecule has 9 heteroatoms. The number of urea groups is 1. The van der Waals surface area contributed by atoms with E-state index in [1.54, 1.807) is 36.4 Å². The van der Waals surface area contributed by atoms with Crippen molar-refractivity contribution in [3.8, 4) is 11.5 Å². The number of ether oxygens (including phenoxy) is 2. The Bertz CT molecular complexity index is 1140. The van der Waals surface area contributed by atoms with Gasteiger partial charge in [-0.2, -0.15) is 0 Å². The van der Waals surface area contributed by atoms with Crippen LogP contribution in [-0.2, 0) is 9.59 Å². The van der Waals surface area contributed by atoms with Gasteiger partial charge in [0, 0.05) is 8.95 Å². The average molecular weight is 564 g/mol. The van der Waals surface area contributed by atoms with Crippen molar-refractivity contribution in [3.63, 3.8) is 0 Å². The van der Waals surface area contributed by atoms with Crippen LogP contribution in [0.5, 0.6) is 11.5 Å². The first-order chi connectivity index (χ1) is 15.3. The Morgan fingerprint density at radius 2 is 1.78 bits per heavy atom. The SMILES string of the molecule is C=CCOc1cc(Br)c(/C=C2\C(=O)NC(=O)N(c3ccc(Br)c(C)c3)C2=O)cc1OCC. The molecule has 166 valence electrons. The number of aryl methyl sites for hydroxylation is 1. The van der Waals surface area contributed by atoms with Gasteiger partial charge >= 0.3 is 6.03 Å². The van der Waals surface area contributed by atoms with E-state index in [1.165, 1.54) is 6.08 Å². The minimum Gasteiger partial charge on any atom is -0.490 e. The third-order valence-electron chi connectivity index (χ3n) is 4.52. The number of hydrogen-bond donors (Lipinski definition) is 1. The zero-order valence-electron chi connectivity index (χ0n) is 17.4. The van der Waals surface area contributed by atoms with Crippen LogP contribution in [0.3, 0.4) is 0 Å². The third kappa shape index (κ3) is 4.94. The van der Waals surface area contributed by atoms with Crippen molar-refractivity contribution in [2.75, 3.05) is 18.1 Å². The largest absolute Gasteiger partial charge is 0.490 e. The molecule has 2 aromatic carbocycles. The van der Waals surface area contributed by atoms with Crippen molar-refractivity contribution in [1.29, 1.82) is 0 Å². The normalized spacial score (nSPS) is 15.1. The van der Waals surface area contributed by atoms with Crippen molar-refractivity contribution in [2.24, 2.45) is 0 Å². The summed E-state index contributed by atoms with van der Waals surface area (Å²) in [5.74, 6) is -0.564. The summed E-state index contributed by atoms with van der Waals surface area (Å²) in [4.78, 5) is 39.0. The number of imide groups is 2. The van der Waals surface area contributed by atoms with Crippen molar-refractivity contribution in [1.82, 2.24) is 5.32 Å². The van der Waals surface area contributed by atoms with Crippen LogP contribution >= 0.6 is 31.9 Å². The number of anilines is 1. The molecule has 0 spiro atoms. The molecule has 0 atom stereocenters. The van der Waals surface area contributed by atoms with E-state index in [1.807, 2.05) is 13.8 Å². The highest BCUT2D eigenvalue weighted by Crippen LogP contribution is 2.35. The minimum atomic E-state index is -0.805. The number of nitrogens with one attached hydrogen (secondary N) is 1. The molecule has 1 aliphatic rings. The zero-order chi connectivity index (χ0) is 23.4. The van der Waals surface area contributed by atoms with Crippen LogP contribution < -0.4 is 19.7 Å². The van der Waals surface area contributed by atoms with E-state index in [2.05, 4.69) is 43.8 Å². The quantitative estimate of drug-likeness (QED) is 0.286. The third-order valence-corrected chi connectivity index (χ3v) is 6.10. The number of hydrogen-bond acceptors (Lipinski definition) is 5. The Morgan fingerprint density at radius 1 is 1.06 bits per heavy atom. The highest BCUT2D eigenvalue weighted by Gasteiger charge is 2.37. The fraction of sp³-hybridized carbons (Fsp3) is 0.174. The van der Waals surface area contributed by atoms with Gasteiger partial charge in [0.25, 0.3) is 11.8 Å². The lowest BCUT2D eigenvalue weighted by Crippen LogP contribution is -2.54. The molecule has 32 heavy (non-hydrogen) atoms. The molecule has 0 bridgehead atoms. The van der Waals surface area contributed by atoms with Gasteiger partial charge in [-0.25, -0.2) is 9.69 Å². The molecule has 0 unspecified atom stereocenters. The molecule has 1 heterocycles. The van der Waals surface area contributed by atoms with Crippen LogP contribution in [0.1, 0.15) is 18.1 Å². The summed E-state index contributed by atoms with van der Waals surface area (Å²) >= 11 is 6.84. The molecule has 1 N–H and O–H groups in total. The van der Waals surface area contributed by atoms with Gasteiger partial charge in [0.15, 0.2) is 11.5 Å². The first kappa shape index (κ1) is 23.7. The molecule has 0 aliphatic carbocycles. The van der Waals surface area contributed by atoms with E-state index in [9.17, 15) is 14.4 Å². The van der Waals surface area contributed by atoms with Gasteiger partial charge < -0.3 is 9.47 Å². The Kier molecular flexibility index (Phi) is 7.52. The number of carbonyl (C=O) groups excluding carboxylic acids is 3. The number of benzene rings is 2.